The van der Waals surface area contributed by atoms with E-state index in [1.54, 1.807) is 0 Å². The molecule has 0 radical (unpaired) electrons. The lowest BCUT2D eigenvalue weighted by molar-refractivity contribution is 0.117. The van der Waals surface area contributed by atoms with Gasteiger partial charge in [0.25, 0.3) is 0 Å². The van der Waals surface area contributed by atoms with Crippen molar-refractivity contribution in [2.45, 2.75) is 17.7 Å². The van der Waals surface area contributed by atoms with E-state index in [2.05, 4.69) is 0 Å². The van der Waals surface area contributed by atoms with Crippen LogP contribution in [0.25, 0.3) is 0 Å². The van der Waals surface area contributed by atoms with Crippen molar-refractivity contribution >= 4 is 21.6 Å². The predicted octanol–water partition coefficient (Wildman–Crippen LogP) is 2.26. The van der Waals surface area contributed by atoms with E-state index in [-0.39, 0.29) is 22.0 Å². The van der Waals surface area contributed by atoms with Gasteiger partial charge in [0.1, 0.15) is 6.07 Å². The molecule has 2 rings (SSSR count). The summed E-state index contributed by atoms with van der Waals surface area (Å²) in [5.74, 6) is 0.657. The Morgan fingerprint density at radius 2 is 2.19 bits per heavy atom. The molecule has 0 spiro atoms. The van der Waals surface area contributed by atoms with E-state index in [0.29, 0.717) is 19.1 Å². The van der Waals surface area contributed by atoms with Crippen LogP contribution in [0.4, 0.5) is 0 Å². The summed E-state index contributed by atoms with van der Waals surface area (Å²) in [4.78, 5) is 0.0798. The van der Waals surface area contributed by atoms with Gasteiger partial charge in [0.15, 0.2) is 0 Å². The fourth-order valence-electron chi connectivity index (χ4n) is 1.77. The maximum atomic E-state index is 12.4. The van der Waals surface area contributed by atoms with Gasteiger partial charge in [0.2, 0.25) is 10.0 Å². The fourth-order valence-corrected chi connectivity index (χ4v) is 3.24. The van der Waals surface area contributed by atoms with E-state index in [1.165, 1.54) is 42.4 Å². The van der Waals surface area contributed by atoms with E-state index >= 15 is 0 Å². The van der Waals surface area contributed by atoms with Crippen LogP contribution in [0.15, 0.2) is 23.1 Å². The number of halogens is 1. The van der Waals surface area contributed by atoms with Crippen LogP contribution in [0, 0.1) is 17.2 Å². The Morgan fingerprint density at radius 1 is 1.48 bits per heavy atom. The predicted molar refractivity (Wildman–Crippen MR) is 79.5 cm³/mol. The Hall–Kier alpha value is -1.13. The number of likely N-dealkylation sites (N-methyl/N-ethyl adjacent to an activating group) is 1. The molecule has 7 heteroatoms. The van der Waals surface area contributed by atoms with Crippen molar-refractivity contribution in [2.24, 2.45) is 5.92 Å². The third-order valence-electron chi connectivity index (χ3n) is 3.37. The van der Waals surface area contributed by atoms with Gasteiger partial charge >= 0.3 is 0 Å². The second-order valence-corrected chi connectivity index (χ2v) is 7.55. The highest BCUT2D eigenvalue weighted by atomic mass is 35.5. The third kappa shape index (κ3) is 4.17. The van der Waals surface area contributed by atoms with Gasteiger partial charge in [-0.3, -0.25) is 0 Å². The molecule has 0 saturated heterocycles. The highest BCUT2D eigenvalue weighted by Crippen LogP contribution is 2.28. The van der Waals surface area contributed by atoms with Crippen molar-refractivity contribution in [1.29, 1.82) is 5.26 Å². The van der Waals surface area contributed by atoms with Crippen LogP contribution in [0.1, 0.15) is 18.4 Å². The van der Waals surface area contributed by atoms with Crippen molar-refractivity contribution in [3.63, 3.8) is 0 Å². The zero-order valence-corrected chi connectivity index (χ0v) is 13.3. The Labute approximate surface area is 130 Å². The van der Waals surface area contributed by atoms with Crippen LogP contribution in [0.3, 0.4) is 0 Å². The number of rotatable bonds is 7. The highest BCUT2D eigenvalue weighted by Gasteiger charge is 2.23. The van der Waals surface area contributed by atoms with Gasteiger partial charge in [-0.15, -0.1) is 0 Å². The van der Waals surface area contributed by atoms with Crippen molar-refractivity contribution in [3.05, 3.63) is 28.8 Å². The molecule has 1 fully saturated rings. The van der Waals surface area contributed by atoms with E-state index < -0.39 is 10.0 Å². The van der Waals surface area contributed by atoms with Crippen LogP contribution >= 0.6 is 11.6 Å². The topological polar surface area (TPSA) is 70.4 Å². The van der Waals surface area contributed by atoms with E-state index in [0.717, 1.165) is 0 Å². The molecule has 0 aromatic heterocycles. The number of hydrogen-bond donors (Lipinski definition) is 0. The van der Waals surface area contributed by atoms with Crippen molar-refractivity contribution in [3.8, 4) is 6.07 Å². The average Bonchev–Trinajstić information content (AvgIpc) is 3.27. The summed E-state index contributed by atoms with van der Waals surface area (Å²) in [5.41, 5.74) is 0.256. The van der Waals surface area contributed by atoms with Crippen LogP contribution < -0.4 is 0 Å². The van der Waals surface area contributed by atoms with E-state index in [9.17, 15) is 8.42 Å². The minimum Gasteiger partial charge on any atom is -0.380 e. The average molecular weight is 329 g/mol. The molecule has 1 aromatic rings. The smallest absolute Gasteiger partial charge is 0.242 e. The van der Waals surface area contributed by atoms with Gasteiger partial charge in [-0.25, -0.2) is 8.42 Å². The first kappa shape index (κ1) is 16.2. The normalized spacial score (nSPS) is 15.1. The standard InChI is InChI=1S/C14H17ClN2O3S/c1-17(6-7-20-10-11-2-3-11)21(18,19)13-5-4-12(9-16)14(15)8-13/h4-5,8,11H,2-3,6-7,10H2,1H3. The molecule has 1 aliphatic rings. The largest absolute Gasteiger partial charge is 0.380 e. The molecule has 0 bridgehead atoms. The summed E-state index contributed by atoms with van der Waals surface area (Å²) < 4.78 is 31.4. The quantitative estimate of drug-likeness (QED) is 0.720. The Morgan fingerprint density at radius 3 is 2.76 bits per heavy atom. The Kier molecular flexibility index (Phi) is 5.22. The molecular formula is C14H17ClN2O3S. The monoisotopic (exact) mass is 328 g/mol. The molecule has 21 heavy (non-hydrogen) atoms. The molecule has 1 saturated carbocycles. The van der Waals surface area contributed by atoms with Gasteiger partial charge in [-0.1, -0.05) is 11.6 Å². The molecule has 0 amide bonds. The third-order valence-corrected chi connectivity index (χ3v) is 5.54. The molecule has 0 N–H and O–H groups in total. The minimum atomic E-state index is -3.61. The van der Waals surface area contributed by atoms with Gasteiger partial charge in [-0.05, 0) is 37.0 Å². The Balaban J connectivity index is 1.98. The summed E-state index contributed by atoms with van der Waals surface area (Å²) in [7, 11) is -2.11. The number of sulfonamides is 1. The lowest BCUT2D eigenvalue weighted by atomic mass is 10.2. The van der Waals surface area contributed by atoms with Crippen molar-refractivity contribution in [2.75, 3.05) is 26.8 Å². The van der Waals surface area contributed by atoms with E-state index in [1.807, 2.05) is 6.07 Å². The summed E-state index contributed by atoms with van der Waals surface area (Å²) in [6.07, 6.45) is 2.41. The zero-order chi connectivity index (χ0) is 15.5. The van der Waals surface area contributed by atoms with Crippen molar-refractivity contribution < 1.29 is 13.2 Å². The lowest BCUT2D eigenvalue weighted by Gasteiger charge is -2.17. The minimum absolute atomic E-state index is 0.0798. The molecule has 0 atom stereocenters. The maximum absolute atomic E-state index is 12.4. The molecule has 0 heterocycles. The molecule has 114 valence electrons. The Bertz CT molecular complexity index is 651. The second-order valence-electron chi connectivity index (χ2n) is 5.10. The molecular weight excluding hydrogens is 312 g/mol. The fraction of sp³-hybridized carbons (Fsp3) is 0.500. The summed E-state index contributed by atoms with van der Waals surface area (Å²) in [6, 6.07) is 6.00. The first-order valence-electron chi connectivity index (χ1n) is 6.69. The van der Waals surface area contributed by atoms with Crippen LogP contribution in [-0.2, 0) is 14.8 Å². The lowest BCUT2D eigenvalue weighted by Crippen LogP contribution is -2.30. The van der Waals surface area contributed by atoms with Gasteiger partial charge in [0.05, 0.1) is 22.1 Å². The number of nitrogens with zero attached hydrogens (tertiary/aromatic N) is 2. The highest BCUT2D eigenvalue weighted by molar-refractivity contribution is 7.89. The van der Waals surface area contributed by atoms with Gasteiger partial charge in [0, 0.05) is 20.2 Å². The van der Waals surface area contributed by atoms with E-state index in [4.69, 9.17) is 21.6 Å². The second kappa shape index (κ2) is 6.75. The first-order valence-corrected chi connectivity index (χ1v) is 8.50. The maximum Gasteiger partial charge on any atom is 0.242 e. The SMILES string of the molecule is CN(CCOCC1CC1)S(=O)(=O)c1ccc(C#N)c(Cl)c1. The molecule has 0 aliphatic heterocycles. The van der Waals surface area contributed by atoms with Crippen LogP contribution in [0.5, 0.6) is 0 Å². The van der Waals surface area contributed by atoms with Crippen LogP contribution in [0.2, 0.25) is 5.02 Å². The number of ether oxygens (including phenoxy) is 1. The summed E-state index contributed by atoms with van der Waals surface area (Å²) in [5, 5.41) is 8.94. The molecule has 1 aromatic carbocycles. The zero-order valence-electron chi connectivity index (χ0n) is 11.8. The van der Waals surface area contributed by atoms with Gasteiger partial charge < -0.3 is 4.74 Å². The summed E-state index contributed by atoms with van der Waals surface area (Å²) in [6.45, 7) is 1.36. The number of nitriles is 1. The first-order chi connectivity index (χ1) is 9.95. The number of benzene rings is 1. The molecule has 5 nitrogen and oxygen atoms in total. The molecule has 0 unspecified atom stereocenters. The van der Waals surface area contributed by atoms with Gasteiger partial charge in [-0.2, -0.15) is 9.57 Å². The van der Waals surface area contributed by atoms with Crippen molar-refractivity contribution in [1.82, 2.24) is 4.31 Å². The summed E-state index contributed by atoms with van der Waals surface area (Å²) >= 11 is 5.88. The van der Waals surface area contributed by atoms with Crippen LogP contribution in [-0.4, -0.2) is 39.5 Å². The molecule has 1 aliphatic carbocycles. The number of hydrogen-bond acceptors (Lipinski definition) is 4.